The maximum absolute atomic E-state index is 13.3. The van der Waals surface area contributed by atoms with Crippen molar-refractivity contribution in [3.63, 3.8) is 0 Å². The van der Waals surface area contributed by atoms with Crippen molar-refractivity contribution in [2.45, 2.75) is 31.5 Å². The number of nitrogens with zero attached hydrogens (tertiary/aromatic N) is 3. The van der Waals surface area contributed by atoms with Crippen molar-refractivity contribution < 1.29 is 27.5 Å². The minimum absolute atomic E-state index is 0.216. The molecule has 1 aromatic heterocycles. The van der Waals surface area contributed by atoms with Gasteiger partial charge in [-0.25, -0.2) is 0 Å². The number of esters is 1. The Bertz CT molecular complexity index is 848. The summed E-state index contributed by atoms with van der Waals surface area (Å²) in [5.74, 6) is -1.45. The number of rotatable bonds is 4. The molecule has 6 nitrogen and oxygen atoms in total. The highest BCUT2D eigenvalue weighted by molar-refractivity contribution is 5.98. The lowest BCUT2D eigenvalue weighted by Gasteiger charge is -2.24. The molecule has 1 atom stereocenters. The fraction of sp³-hybridized carbons (Fsp3) is 0.389. The predicted molar refractivity (Wildman–Crippen MR) is 89.8 cm³/mol. The van der Waals surface area contributed by atoms with Crippen molar-refractivity contribution in [1.82, 2.24) is 9.78 Å². The van der Waals surface area contributed by atoms with Gasteiger partial charge < -0.3 is 9.64 Å². The number of hydrogen-bond donors (Lipinski definition) is 0. The normalized spacial score (nSPS) is 15.9. The largest absolute Gasteiger partial charge is 0.446 e. The summed E-state index contributed by atoms with van der Waals surface area (Å²) in [6, 6.07) is 7.03. The van der Waals surface area contributed by atoms with E-state index in [4.69, 9.17) is 4.74 Å². The Labute approximate surface area is 153 Å². The molecule has 0 radical (unpaired) electrons. The number of ether oxygens (including phenoxy) is 1. The molecule has 0 aliphatic carbocycles. The molecule has 1 amide bonds. The molecule has 144 valence electrons. The lowest BCUT2D eigenvalue weighted by molar-refractivity contribution is -0.223. The number of alkyl halides is 3. The van der Waals surface area contributed by atoms with Gasteiger partial charge in [-0.05, 0) is 24.5 Å². The first-order valence-corrected chi connectivity index (χ1v) is 8.38. The highest BCUT2D eigenvalue weighted by Crippen LogP contribution is 2.36. The van der Waals surface area contributed by atoms with E-state index in [1.165, 1.54) is 16.6 Å². The lowest BCUT2D eigenvalue weighted by atomic mass is 10.1. The number of anilines is 1. The van der Waals surface area contributed by atoms with Crippen molar-refractivity contribution in [3.8, 4) is 0 Å². The Morgan fingerprint density at radius 3 is 2.70 bits per heavy atom. The molecule has 0 saturated carbocycles. The van der Waals surface area contributed by atoms with Crippen molar-refractivity contribution in [1.29, 1.82) is 0 Å². The van der Waals surface area contributed by atoms with Crippen LogP contribution in [0.5, 0.6) is 0 Å². The maximum atomic E-state index is 13.3. The van der Waals surface area contributed by atoms with E-state index < -0.39 is 24.8 Å². The van der Waals surface area contributed by atoms with Crippen LogP contribution in [0.2, 0.25) is 0 Å². The fourth-order valence-corrected chi connectivity index (χ4v) is 3.06. The van der Waals surface area contributed by atoms with Crippen LogP contribution in [0.1, 0.15) is 30.1 Å². The monoisotopic (exact) mass is 381 g/mol. The Hall–Kier alpha value is -2.84. The quantitative estimate of drug-likeness (QED) is 0.764. The van der Waals surface area contributed by atoms with Crippen LogP contribution in [0.25, 0.3) is 0 Å². The number of aryl methyl sites for hydroxylation is 2. The summed E-state index contributed by atoms with van der Waals surface area (Å²) in [6.07, 6.45) is -3.60. The summed E-state index contributed by atoms with van der Waals surface area (Å²) >= 11 is 0. The standard InChI is InChI=1S/C18H18F3N3O3/c1-23-10-13(9-22-23)17(18(19,20)21)27-16(26)11-24-14-7-3-2-5-12(14)6-4-8-15(24)25/h2-3,5,7,9-10,17H,4,6,8,11H2,1H3/t17-/m1/s1. The van der Waals surface area contributed by atoms with Crippen molar-refractivity contribution in [2.75, 3.05) is 11.4 Å². The molecule has 27 heavy (non-hydrogen) atoms. The summed E-state index contributed by atoms with van der Waals surface area (Å²) in [5, 5.41) is 3.69. The Kier molecular flexibility index (Phi) is 5.20. The van der Waals surface area contributed by atoms with Crippen molar-refractivity contribution in [3.05, 3.63) is 47.8 Å². The molecule has 2 aromatic rings. The van der Waals surface area contributed by atoms with E-state index in [1.54, 1.807) is 12.1 Å². The minimum atomic E-state index is -4.79. The van der Waals surface area contributed by atoms with E-state index in [0.717, 1.165) is 18.0 Å². The second kappa shape index (κ2) is 7.42. The Morgan fingerprint density at radius 2 is 2.04 bits per heavy atom. The molecule has 9 heteroatoms. The van der Waals surface area contributed by atoms with E-state index in [9.17, 15) is 22.8 Å². The number of hydrogen-bond acceptors (Lipinski definition) is 4. The van der Waals surface area contributed by atoms with Crippen LogP contribution in [0.15, 0.2) is 36.7 Å². The van der Waals surface area contributed by atoms with Crippen LogP contribution in [-0.4, -0.2) is 34.4 Å². The molecule has 0 N–H and O–H groups in total. The summed E-state index contributed by atoms with van der Waals surface area (Å²) in [6.45, 7) is -0.581. The predicted octanol–water partition coefficient (Wildman–Crippen LogP) is 2.94. The van der Waals surface area contributed by atoms with Crippen LogP contribution in [-0.2, 0) is 27.8 Å². The SMILES string of the molecule is Cn1cc([C@@H](OC(=O)CN2C(=O)CCCc3ccccc32)C(F)(F)F)cn1. The molecule has 1 aliphatic rings. The lowest BCUT2D eigenvalue weighted by Crippen LogP contribution is -2.38. The first kappa shape index (κ1) is 18.9. The molecule has 3 rings (SSSR count). The summed E-state index contributed by atoms with van der Waals surface area (Å²) in [7, 11) is 1.46. The molecule has 0 saturated heterocycles. The zero-order chi connectivity index (χ0) is 19.6. The van der Waals surface area contributed by atoms with Crippen LogP contribution in [0.4, 0.5) is 18.9 Å². The van der Waals surface area contributed by atoms with Crippen LogP contribution >= 0.6 is 0 Å². The number of amides is 1. The van der Waals surface area contributed by atoms with Crippen LogP contribution in [0.3, 0.4) is 0 Å². The average Bonchev–Trinajstić information content (AvgIpc) is 2.96. The fourth-order valence-electron chi connectivity index (χ4n) is 3.06. The van der Waals surface area contributed by atoms with Crippen molar-refractivity contribution in [2.24, 2.45) is 7.05 Å². The van der Waals surface area contributed by atoms with Gasteiger partial charge in [-0.15, -0.1) is 0 Å². The van der Waals surface area contributed by atoms with Gasteiger partial charge >= 0.3 is 12.1 Å². The number of para-hydroxylation sites is 1. The molecular weight excluding hydrogens is 363 g/mol. The zero-order valence-corrected chi connectivity index (χ0v) is 14.6. The van der Waals surface area contributed by atoms with Crippen LogP contribution in [0, 0.1) is 0 Å². The van der Waals surface area contributed by atoms with E-state index in [2.05, 4.69) is 5.10 Å². The van der Waals surface area contributed by atoms with Gasteiger partial charge in [0.1, 0.15) is 6.54 Å². The third-order valence-electron chi connectivity index (χ3n) is 4.28. The van der Waals surface area contributed by atoms with E-state index >= 15 is 0 Å². The number of benzene rings is 1. The molecule has 0 fully saturated rings. The van der Waals surface area contributed by atoms with Gasteiger partial charge in [0, 0.05) is 30.9 Å². The number of aromatic nitrogens is 2. The highest BCUT2D eigenvalue weighted by atomic mass is 19.4. The van der Waals surface area contributed by atoms with Gasteiger partial charge in [-0.3, -0.25) is 14.3 Å². The van der Waals surface area contributed by atoms with Gasteiger partial charge in [0.25, 0.3) is 0 Å². The Morgan fingerprint density at radius 1 is 1.30 bits per heavy atom. The van der Waals surface area contributed by atoms with E-state index in [0.29, 0.717) is 18.5 Å². The highest BCUT2D eigenvalue weighted by Gasteiger charge is 2.45. The second-order valence-corrected chi connectivity index (χ2v) is 6.32. The van der Waals surface area contributed by atoms with E-state index in [1.807, 2.05) is 12.1 Å². The molecule has 1 aliphatic heterocycles. The minimum Gasteiger partial charge on any atom is -0.446 e. The molecule has 0 unspecified atom stereocenters. The van der Waals surface area contributed by atoms with Gasteiger partial charge in [0.2, 0.25) is 12.0 Å². The topological polar surface area (TPSA) is 64.4 Å². The smallest absolute Gasteiger partial charge is 0.429 e. The van der Waals surface area contributed by atoms with Gasteiger partial charge in [-0.2, -0.15) is 18.3 Å². The summed E-state index contributed by atoms with van der Waals surface area (Å²) < 4.78 is 45.9. The van der Waals surface area contributed by atoms with E-state index in [-0.39, 0.29) is 17.9 Å². The molecular formula is C18H18F3N3O3. The van der Waals surface area contributed by atoms with Gasteiger partial charge in [-0.1, -0.05) is 18.2 Å². The summed E-state index contributed by atoms with van der Waals surface area (Å²) in [5.41, 5.74) is 1.12. The molecule has 0 bridgehead atoms. The Balaban J connectivity index is 1.80. The summed E-state index contributed by atoms with van der Waals surface area (Å²) in [4.78, 5) is 25.8. The van der Waals surface area contributed by atoms with Gasteiger partial charge in [0.05, 0.1) is 6.20 Å². The molecule has 2 heterocycles. The maximum Gasteiger partial charge on any atom is 0.429 e. The number of carbonyl (C=O) groups is 2. The average molecular weight is 381 g/mol. The van der Waals surface area contributed by atoms with Crippen LogP contribution < -0.4 is 4.90 Å². The number of halogens is 3. The third-order valence-corrected chi connectivity index (χ3v) is 4.28. The van der Waals surface area contributed by atoms with Gasteiger partial charge in [0.15, 0.2) is 0 Å². The first-order valence-electron chi connectivity index (χ1n) is 8.38. The number of fused-ring (bicyclic) bond motifs is 1. The number of carbonyl (C=O) groups excluding carboxylic acids is 2. The zero-order valence-electron chi connectivity index (χ0n) is 14.6. The second-order valence-electron chi connectivity index (χ2n) is 6.32. The molecule has 1 aromatic carbocycles. The first-order chi connectivity index (χ1) is 12.8. The third kappa shape index (κ3) is 4.29. The van der Waals surface area contributed by atoms with Crippen molar-refractivity contribution >= 4 is 17.6 Å². The molecule has 0 spiro atoms.